The Morgan fingerprint density at radius 3 is 2.71 bits per heavy atom. The number of alkyl halides is 1. The molecule has 0 aliphatic carbocycles. The molecule has 1 aromatic heterocycles. The fourth-order valence-electron chi connectivity index (χ4n) is 2.29. The third-order valence-corrected chi connectivity index (χ3v) is 3.68. The second kappa shape index (κ2) is 5.62. The highest BCUT2D eigenvalue weighted by Crippen LogP contribution is 2.29. The van der Waals surface area contributed by atoms with Crippen molar-refractivity contribution in [3.63, 3.8) is 0 Å². The van der Waals surface area contributed by atoms with Crippen molar-refractivity contribution < 1.29 is 8.78 Å². The molecule has 21 heavy (non-hydrogen) atoms. The molecule has 1 heterocycles. The predicted molar refractivity (Wildman–Crippen MR) is 80.4 cm³/mol. The molecule has 3 aromatic rings. The van der Waals surface area contributed by atoms with E-state index in [9.17, 15) is 8.78 Å². The van der Waals surface area contributed by atoms with Gasteiger partial charge in [-0.1, -0.05) is 17.7 Å². The molecule has 0 saturated heterocycles. The van der Waals surface area contributed by atoms with Crippen LogP contribution in [-0.4, -0.2) is 15.4 Å². The Hall–Kier alpha value is -1.65. The lowest BCUT2D eigenvalue weighted by Crippen LogP contribution is -2.03. The number of hydrogen-bond acceptors (Lipinski definition) is 1. The van der Waals surface area contributed by atoms with Gasteiger partial charge in [0.1, 0.15) is 17.2 Å². The number of rotatable bonds is 3. The lowest BCUT2D eigenvalue weighted by Gasteiger charge is -2.10. The van der Waals surface area contributed by atoms with E-state index in [-0.39, 0.29) is 5.52 Å². The molecule has 0 spiro atoms. The van der Waals surface area contributed by atoms with Crippen LogP contribution in [0.1, 0.15) is 5.82 Å². The van der Waals surface area contributed by atoms with Crippen LogP contribution >= 0.6 is 23.2 Å². The quantitative estimate of drug-likeness (QED) is 0.636. The summed E-state index contributed by atoms with van der Waals surface area (Å²) in [4.78, 5) is 4.27. The van der Waals surface area contributed by atoms with Gasteiger partial charge in [-0.05, 0) is 30.3 Å². The van der Waals surface area contributed by atoms with Gasteiger partial charge in [0.2, 0.25) is 0 Å². The number of benzene rings is 2. The molecule has 0 atom stereocenters. The van der Waals surface area contributed by atoms with Crippen molar-refractivity contribution in [3.05, 3.63) is 58.9 Å². The lowest BCUT2D eigenvalue weighted by molar-refractivity contribution is 0.626. The number of aromatic nitrogens is 2. The molecule has 0 saturated carbocycles. The molecule has 2 aromatic carbocycles. The van der Waals surface area contributed by atoms with Crippen molar-refractivity contribution in [2.75, 3.05) is 5.88 Å². The van der Waals surface area contributed by atoms with Crippen molar-refractivity contribution in [3.8, 4) is 5.69 Å². The molecule has 0 aliphatic rings. The number of hydrogen-bond donors (Lipinski definition) is 0. The average Bonchev–Trinajstić information content (AvgIpc) is 2.82. The summed E-state index contributed by atoms with van der Waals surface area (Å²) in [5, 5.41) is 0.357. The first-order valence-corrected chi connectivity index (χ1v) is 7.20. The van der Waals surface area contributed by atoms with E-state index in [0.29, 0.717) is 34.4 Å². The Bertz CT molecular complexity index is 815. The Kier molecular flexibility index (Phi) is 3.83. The largest absolute Gasteiger partial charge is 0.295 e. The summed E-state index contributed by atoms with van der Waals surface area (Å²) in [7, 11) is 0. The van der Waals surface area contributed by atoms with Gasteiger partial charge < -0.3 is 0 Å². The second-order valence-electron chi connectivity index (χ2n) is 4.51. The summed E-state index contributed by atoms with van der Waals surface area (Å²) in [5.74, 6) is -0.00519. The number of imidazole rings is 1. The van der Waals surface area contributed by atoms with Gasteiger partial charge in [-0.25, -0.2) is 13.8 Å². The van der Waals surface area contributed by atoms with Crippen LogP contribution in [0.4, 0.5) is 8.78 Å². The number of nitrogens with zero attached hydrogens (tertiary/aromatic N) is 2. The fourth-order valence-corrected chi connectivity index (χ4v) is 2.66. The highest BCUT2D eigenvalue weighted by Gasteiger charge is 2.17. The maximum Gasteiger partial charge on any atom is 0.151 e. The summed E-state index contributed by atoms with van der Waals surface area (Å²) < 4.78 is 29.1. The van der Waals surface area contributed by atoms with Gasteiger partial charge in [-0.15, -0.1) is 11.6 Å². The number of fused-ring (bicyclic) bond motifs is 1. The number of para-hydroxylation sites is 1. The first-order valence-electron chi connectivity index (χ1n) is 6.29. The maximum atomic E-state index is 13.9. The zero-order valence-electron chi connectivity index (χ0n) is 10.8. The summed E-state index contributed by atoms with van der Waals surface area (Å²) in [5.41, 5.74) is 1.17. The lowest BCUT2D eigenvalue weighted by atomic mass is 10.2. The Balaban J connectivity index is 2.36. The SMILES string of the molecule is Fc1ccc(Cl)c(-n2c(CCCl)nc3c(F)cccc32)c1. The second-order valence-corrected chi connectivity index (χ2v) is 5.29. The zero-order valence-corrected chi connectivity index (χ0v) is 12.3. The van der Waals surface area contributed by atoms with Crippen molar-refractivity contribution in [1.29, 1.82) is 0 Å². The van der Waals surface area contributed by atoms with Crippen LogP contribution in [0.25, 0.3) is 16.7 Å². The first kappa shape index (κ1) is 14.3. The monoisotopic (exact) mass is 326 g/mol. The minimum Gasteiger partial charge on any atom is -0.295 e. The molecule has 2 nitrogen and oxygen atoms in total. The van der Waals surface area contributed by atoms with Crippen LogP contribution < -0.4 is 0 Å². The van der Waals surface area contributed by atoms with E-state index in [4.69, 9.17) is 23.2 Å². The standard InChI is InChI=1S/C15H10Cl2F2N2/c16-7-6-14-20-15-11(19)2-1-3-12(15)21(14)13-8-9(18)4-5-10(13)17/h1-5,8H,6-7H2. The van der Waals surface area contributed by atoms with Gasteiger partial charge in [-0.3, -0.25) is 4.57 Å². The van der Waals surface area contributed by atoms with Crippen molar-refractivity contribution in [1.82, 2.24) is 9.55 Å². The van der Waals surface area contributed by atoms with Gasteiger partial charge in [0, 0.05) is 12.3 Å². The van der Waals surface area contributed by atoms with Crippen LogP contribution in [-0.2, 0) is 6.42 Å². The van der Waals surface area contributed by atoms with E-state index >= 15 is 0 Å². The zero-order chi connectivity index (χ0) is 15.0. The third-order valence-electron chi connectivity index (χ3n) is 3.17. The molecule has 0 amide bonds. The third kappa shape index (κ3) is 2.49. The van der Waals surface area contributed by atoms with Crippen LogP contribution in [0, 0.1) is 11.6 Å². The smallest absolute Gasteiger partial charge is 0.151 e. The molecule has 108 valence electrons. The van der Waals surface area contributed by atoms with Gasteiger partial charge in [0.25, 0.3) is 0 Å². The van der Waals surface area contributed by atoms with E-state index in [1.165, 1.54) is 24.3 Å². The van der Waals surface area contributed by atoms with Gasteiger partial charge in [0.05, 0.1) is 16.2 Å². The number of halogens is 4. The first-order chi connectivity index (χ1) is 10.1. The Morgan fingerprint density at radius 1 is 1.14 bits per heavy atom. The molecule has 0 bridgehead atoms. The normalized spacial score (nSPS) is 11.2. The average molecular weight is 327 g/mol. The maximum absolute atomic E-state index is 13.9. The molecule has 0 N–H and O–H groups in total. The van der Waals surface area contributed by atoms with Gasteiger partial charge in [-0.2, -0.15) is 0 Å². The molecular weight excluding hydrogens is 317 g/mol. The topological polar surface area (TPSA) is 17.8 Å². The Labute approximate surface area is 129 Å². The summed E-state index contributed by atoms with van der Waals surface area (Å²) in [6.45, 7) is 0. The van der Waals surface area contributed by atoms with E-state index in [0.717, 1.165) is 0 Å². The van der Waals surface area contributed by atoms with Crippen LogP contribution in [0.2, 0.25) is 5.02 Å². The molecule has 0 aliphatic heterocycles. The van der Waals surface area contributed by atoms with Crippen molar-refractivity contribution in [2.24, 2.45) is 0 Å². The van der Waals surface area contributed by atoms with E-state index in [1.807, 2.05) is 0 Å². The minimum atomic E-state index is -0.436. The van der Waals surface area contributed by atoms with Crippen LogP contribution in [0.5, 0.6) is 0 Å². The molecule has 6 heteroatoms. The summed E-state index contributed by atoms with van der Waals surface area (Å²) in [6, 6.07) is 8.65. The predicted octanol–water partition coefficient (Wildman–Crippen LogP) is 4.74. The van der Waals surface area contributed by atoms with Crippen LogP contribution in [0.3, 0.4) is 0 Å². The van der Waals surface area contributed by atoms with E-state index in [1.54, 1.807) is 16.7 Å². The van der Waals surface area contributed by atoms with E-state index < -0.39 is 11.6 Å². The molecule has 0 unspecified atom stereocenters. The van der Waals surface area contributed by atoms with Gasteiger partial charge in [0.15, 0.2) is 5.82 Å². The summed E-state index contributed by atoms with van der Waals surface area (Å²) in [6.07, 6.45) is 0.419. The summed E-state index contributed by atoms with van der Waals surface area (Å²) >= 11 is 11.9. The van der Waals surface area contributed by atoms with Crippen molar-refractivity contribution >= 4 is 34.2 Å². The fraction of sp³-hybridized carbons (Fsp3) is 0.133. The molecule has 0 radical (unpaired) electrons. The highest BCUT2D eigenvalue weighted by atomic mass is 35.5. The minimum absolute atomic E-state index is 0.220. The molecule has 3 rings (SSSR count). The Morgan fingerprint density at radius 2 is 1.95 bits per heavy atom. The highest BCUT2D eigenvalue weighted by molar-refractivity contribution is 6.32. The number of aryl methyl sites for hydroxylation is 1. The van der Waals surface area contributed by atoms with Crippen LogP contribution in [0.15, 0.2) is 36.4 Å². The van der Waals surface area contributed by atoms with Crippen molar-refractivity contribution in [2.45, 2.75) is 6.42 Å². The molecular formula is C15H10Cl2F2N2. The van der Waals surface area contributed by atoms with Gasteiger partial charge >= 0.3 is 0 Å². The molecule has 0 fully saturated rings. The van der Waals surface area contributed by atoms with E-state index in [2.05, 4.69) is 4.98 Å².